The highest BCUT2D eigenvalue weighted by atomic mass is 32.2. The Morgan fingerprint density at radius 2 is 1.47 bits per heavy atom. The van der Waals surface area contributed by atoms with Crippen molar-refractivity contribution in [1.82, 2.24) is 4.90 Å². The average molecular weight is 485 g/mol. The minimum Gasteiger partial charge on any atom is -0.478 e. The van der Waals surface area contributed by atoms with Crippen LogP contribution in [0, 0.1) is 0 Å². The van der Waals surface area contributed by atoms with Gasteiger partial charge in [0.05, 0.1) is 5.75 Å². The molecule has 1 aliphatic heterocycles. The molecular formula is C26H32N2O5S. The Balaban J connectivity index is 0.000000440. The quantitative estimate of drug-likeness (QED) is 0.523. The number of carbonyl (C=O) groups is 3. The van der Waals surface area contributed by atoms with Gasteiger partial charge in [0.25, 0.3) is 0 Å². The molecule has 1 aliphatic rings. The summed E-state index contributed by atoms with van der Waals surface area (Å²) in [5.41, 5.74) is 2.44. The van der Waals surface area contributed by atoms with E-state index in [9.17, 15) is 14.4 Å². The molecule has 8 heteroatoms. The number of rotatable bonds is 9. The summed E-state index contributed by atoms with van der Waals surface area (Å²) in [6.45, 7) is 3.22. The molecule has 3 rings (SSSR count). The van der Waals surface area contributed by atoms with Crippen molar-refractivity contribution in [2.75, 3.05) is 36.5 Å². The molecule has 2 aromatic rings. The molecule has 34 heavy (non-hydrogen) atoms. The minimum absolute atomic E-state index is 0.228. The monoisotopic (exact) mass is 484 g/mol. The number of hydrogen-bond donors (Lipinski definition) is 2. The van der Waals surface area contributed by atoms with Gasteiger partial charge in [0, 0.05) is 43.5 Å². The van der Waals surface area contributed by atoms with Gasteiger partial charge in [-0.05, 0) is 43.2 Å². The lowest BCUT2D eigenvalue weighted by atomic mass is 10.0. The number of hydrogen-bond acceptors (Lipinski definition) is 5. The second-order valence-corrected chi connectivity index (χ2v) is 8.72. The smallest absolute Gasteiger partial charge is 0.328 e. The standard InChI is InChI=1S/C22H28N2OS.C4H4O4/c1-26-18-22(25)24(20-10-6-3-7-11-20)21-13-16-23(17-14-21)15-12-19-8-4-2-5-9-19;5-3(6)1-2-4(7)8/h2-11,21H,12-18H2,1H3;1-2H,(H,5,6)(H,7,8). The van der Waals surface area contributed by atoms with Gasteiger partial charge in [-0.3, -0.25) is 4.79 Å². The molecule has 0 atom stereocenters. The highest BCUT2D eigenvalue weighted by Gasteiger charge is 2.28. The number of aliphatic carboxylic acids is 2. The van der Waals surface area contributed by atoms with Crippen LogP contribution in [0.2, 0.25) is 0 Å². The van der Waals surface area contributed by atoms with Crippen LogP contribution < -0.4 is 4.90 Å². The Bertz CT molecular complexity index is 913. The fraction of sp³-hybridized carbons (Fsp3) is 0.346. The maximum absolute atomic E-state index is 12.7. The highest BCUT2D eigenvalue weighted by Crippen LogP contribution is 2.24. The van der Waals surface area contributed by atoms with Crippen LogP contribution in [0.1, 0.15) is 18.4 Å². The fourth-order valence-corrected chi connectivity index (χ4v) is 4.20. The summed E-state index contributed by atoms with van der Waals surface area (Å²) in [5.74, 6) is -1.74. The van der Waals surface area contributed by atoms with E-state index in [-0.39, 0.29) is 5.91 Å². The van der Waals surface area contributed by atoms with Gasteiger partial charge in [-0.1, -0.05) is 48.5 Å². The molecule has 2 N–H and O–H groups in total. The first-order chi connectivity index (χ1) is 16.4. The number of benzene rings is 2. The first kappa shape index (κ1) is 27.1. The maximum atomic E-state index is 12.7. The minimum atomic E-state index is -1.26. The van der Waals surface area contributed by atoms with Gasteiger partial charge in [0.2, 0.25) is 5.91 Å². The van der Waals surface area contributed by atoms with Crippen LogP contribution in [0.5, 0.6) is 0 Å². The fourth-order valence-electron chi connectivity index (χ4n) is 3.82. The number of likely N-dealkylation sites (tertiary alicyclic amines) is 1. The molecule has 0 spiro atoms. The number of thioether (sulfide) groups is 1. The number of piperidine rings is 1. The summed E-state index contributed by atoms with van der Waals surface area (Å²) < 4.78 is 0. The SMILES string of the molecule is CSCC(=O)N(c1ccccc1)C1CCN(CCc2ccccc2)CC1.O=C(O)C=CC(=O)O. The van der Waals surface area contributed by atoms with Crippen LogP contribution in [0.3, 0.4) is 0 Å². The molecule has 0 radical (unpaired) electrons. The van der Waals surface area contributed by atoms with E-state index >= 15 is 0 Å². The van der Waals surface area contributed by atoms with E-state index < -0.39 is 11.9 Å². The summed E-state index contributed by atoms with van der Waals surface area (Å²) >= 11 is 1.60. The number of anilines is 1. The molecule has 0 saturated carbocycles. The van der Waals surface area contributed by atoms with E-state index in [1.54, 1.807) is 11.8 Å². The van der Waals surface area contributed by atoms with E-state index in [4.69, 9.17) is 10.2 Å². The van der Waals surface area contributed by atoms with Crippen molar-refractivity contribution in [3.8, 4) is 0 Å². The van der Waals surface area contributed by atoms with Gasteiger partial charge < -0.3 is 20.0 Å². The van der Waals surface area contributed by atoms with Gasteiger partial charge in [0.15, 0.2) is 0 Å². The van der Waals surface area contributed by atoms with E-state index in [1.807, 2.05) is 29.4 Å². The van der Waals surface area contributed by atoms with E-state index in [0.29, 0.717) is 23.9 Å². The highest BCUT2D eigenvalue weighted by molar-refractivity contribution is 7.99. The van der Waals surface area contributed by atoms with E-state index in [1.165, 1.54) is 5.56 Å². The summed E-state index contributed by atoms with van der Waals surface area (Å²) in [5, 5.41) is 15.6. The molecule has 2 aromatic carbocycles. The van der Waals surface area contributed by atoms with Crippen LogP contribution in [0.25, 0.3) is 0 Å². The Morgan fingerprint density at radius 3 is 1.97 bits per heavy atom. The van der Waals surface area contributed by atoms with Crippen molar-refractivity contribution >= 4 is 35.3 Å². The predicted octanol–water partition coefficient (Wildman–Crippen LogP) is 3.80. The zero-order valence-corrected chi connectivity index (χ0v) is 20.2. The molecule has 182 valence electrons. The van der Waals surface area contributed by atoms with Crippen LogP contribution in [-0.4, -0.2) is 70.6 Å². The third-order valence-electron chi connectivity index (χ3n) is 5.42. The Morgan fingerprint density at radius 1 is 0.941 bits per heavy atom. The number of amides is 1. The molecule has 1 saturated heterocycles. The second-order valence-electron chi connectivity index (χ2n) is 7.85. The number of para-hydroxylation sites is 1. The van der Waals surface area contributed by atoms with Gasteiger partial charge in [-0.25, -0.2) is 9.59 Å². The third-order valence-corrected chi connectivity index (χ3v) is 5.96. The van der Waals surface area contributed by atoms with Crippen LogP contribution in [-0.2, 0) is 20.8 Å². The second kappa shape index (κ2) is 14.9. The molecule has 1 amide bonds. The molecule has 0 aliphatic carbocycles. The first-order valence-corrected chi connectivity index (χ1v) is 12.6. The van der Waals surface area contributed by atoms with Crippen molar-refractivity contribution in [2.24, 2.45) is 0 Å². The summed E-state index contributed by atoms with van der Waals surface area (Å²) in [6.07, 6.45) is 6.30. The Labute approximate surface area is 205 Å². The number of carbonyl (C=O) groups excluding carboxylic acids is 1. The first-order valence-electron chi connectivity index (χ1n) is 11.2. The predicted molar refractivity (Wildman–Crippen MR) is 136 cm³/mol. The lowest BCUT2D eigenvalue weighted by Crippen LogP contribution is -2.48. The molecule has 7 nitrogen and oxygen atoms in total. The van der Waals surface area contributed by atoms with E-state index in [0.717, 1.165) is 44.6 Å². The average Bonchev–Trinajstić information content (AvgIpc) is 2.84. The summed E-state index contributed by atoms with van der Waals surface area (Å²) in [4.78, 5) is 36.4. The van der Waals surface area contributed by atoms with Crippen molar-refractivity contribution < 1.29 is 24.6 Å². The van der Waals surface area contributed by atoms with Crippen molar-refractivity contribution in [3.05, 3.63) is 78.4 Å². The molecule has 0 aromatic heterocycles. The van der Waals surface area contributed by atoms with Crippen LogP contribution >= 0.6 is 11.8 Å². The lowest BCUT2D eigenvalue weighted by Gasteiger charge is -2.38. The zero-order chi connectivity index (χ0) is 24.8. The van der Waals surface area contributed by atoms with E-state index in [2.05, 4.69) is 47.4 Å². The van der Waals surface area contributed by atoms with Crippen molar-refractivity contribution in [1.29, 1.82) is 0 Å². The number of carboxylic acids is 2. The Kier molecular flexibility index (Phi) is 11.9. The molecule has 1 fully saturated rings. The maximum Gasteiger partial charge on any atom is 0.328 e. The molecule has 1 heterocycles. The number of carboxylic acid groups (broad SMARTS) is 2. The third kappa shape index (κ3) is 9.80. The van der Waals surface area contributed by atoms with Crippen molar-refractivity contribution in [2.45, 2.75) is 25.3 Å². The molecule has 0 bridgehead atoms. The van der Waals surface area contributed by atoms with Crippen molar-refractivity contribution in [3.63, 3.8) is 0 Å². The number of nitrogens with zero attached hydrogens (tertiary/aromatic N) is 2. The molecular weight excluding hydrogens is 452 g/mol. The van der Waals surface area contributed by atoms with Gasteiger partial charge in [-0.15, -0.1) is 0 Å². The largest absolute Gasteiger partial charge is 0.478 e. The topological polar surface area (TPSA) is 98.2 Å². The normalized spacial score (nSPS) is 14.3. The zero-order valence-electron chi connectivity index (χ0n) is 19.4. The summed E-state index contributed by atoms with van der Waals surface area (Å²) in [6, 6.07) is 21.1. The Hall–Kier alpha value is -3.10. The molecule has 0 unspecified atom stereocenters. The van der Waals surface area contributed by atoms with Gasteiger partial charge in [0.1, 0.15) is 0 Å². The van der Waals surface area contributed by atoms with Crippen LogP contribution in [0.15, 0.2) is 72.8 Å². The lowest BCUT2D eigenvalue weighted by molar-refractivity contribution is -0.134. The van der Waals surface area contributed by atoms with Crippen LogP contribution in [0.4, 0.5) is 5.69 Å². The van der Waals surface area contributed by atoms with Gasteiger partial charge in [-0.2, -0.15) is 11.8 Å². The summed E-state index contributed by atoms with van der Waals surface area (Å²) in [7, 11) is 0. The van der Waals surface area contributed by atoms with Gasteiger partial charge >= 0.3 is 11.9 Å².